The predicted octanol–water partition coefficient (Wildman–Crippen LogP) is 2.32. The molecule has 2 fully saturated rings. The molecule has 0 aromatic heterocycles. The van der Waals surface area contributed by atoms with Gasteiger partial charge in [0.1, 0.15) is 17.4 Å². The van der Waals surface area contributed by atoms with E-state index in [1.807, 2.05) is 25.1 Å². The SMILES string of the molecule is Cc1ccc2c(c1)C(=O)NCC1(CCC(=O)N(C(C)C(=O)NC3CCCC3)CC1)O2. The van der Waals surface area contributed by atoms with Crippen LogP contribution in [-0.2, 0) is 9.59 Å². The van der Waals surface area contributed by atoms with Crippen LogP contribution >= 0.6 is 0 Å². The normalized spacial score (nSPS) is 25.7. The summed E-state index contributed by atoms with van der Waals surface area (Å²) in [6.07, 6.45) is 5.69. The molecule has 162 valence electrons. The molecule has 2 aliphatic heterocycles. The Kier molecular flexibility index (Phi) is 5.71. The molecule has 1 saturated carbocycles. The average Bonchev–Trinajstić information content (AvgIpc) is 3.13. The van der Waals surface area contributed by atoms with Crippen LogP contribution in [0.1, 0.15) is 67.8 Å². The van der Waals surface area contributed by atoms with Gasteiger partial charge >= 0.3 is 0 Å². The van der Waals surface area contributed by atoms with Gasteiger partial charge in [0, 0.05) is 25.4 Å². The summed E-state index contributed by atoms with van der Waals surface area (Å²) in [5.41, 5.74) is 0.874. The molecule has 2 N–H and O–H groups in total. The summed E-state index contributed by atoms with van der Waals surface area (Å²) in [6, 6.07) is 5.30. The number of nitrogens with one attached hydrogen (secondary N) is 2. The number of rotatable bonds is 3. The molecule has 1 spiro atoms. The highest BCUT2D eigenvalue weighted by Crippen LogP contribution is 2.34. The highest BCUT2D eigenvalue weighted by Gasteiger charge is 2.42. The third kappa shape index (κ3) is 4.16. The first-order chi connectivity index (χ1) is 14.4. The second-order valence-corrected chi connectivity index (χ2v) is 8.97. The van der Waals surface area contributed by atoms with Gasteiger partial charge in [0.05, 0.1) is 12.1 Å². The van der Waals surface area contributed by atoms with Crippen LogP contribution in [0.5, 0.6) is 5.75 Å². The number of hydrogen-bond donors (Lipinski definition) is 2. The average molecular weight is 414 g/mol. The van der Waals surface area contributed by atoms with Crippen molar-refractivity contribution >= 4 is 17.7 Å². The van der Waals surface area contributed by atoms with Gasteiger partial charge in [-0.2, -0.15) is 0 Å². The molecule has 1 aliphatic carbocycles. The summed E-state index contributed by atoms with van der Waals surface area (Å²) in [4.78, 5) is 39.8. The number of amides is 3. The number of aryl methyl sites for hydroxylation is 1. The van der Waals surface area contributed by atoms with E-state index in [4.69, 9.17) is 4.74 Å². The summed E-state index contributed by atoms with van der Waals surface area (Å²) in [6.45, 7) is 4.51. The van der Waals surface area contributed by atoms with Crippen molar-refractivity contribution in [3.8, 4) is 5.75 Å². The van der Waals surface area contributed by atoms with Crippen LogP contribution in [0, 0.1) is 6.92 Å². The number of carbonyl (C=O) groups excluding carboxylic acids is 3. The Morgan fingerprint density at radius 2 is 2.03 bits per heavy atom. The number of benzene rings is 1. The Morgan fingerprint density at radius 3 is 2.80 bits per heavy atom. The zero-order valence-electron chi connectivity index (χ0n) is 17.8. The molecule has 7 nitrogen and oxygen atoms in total. The Labute approximate surface area is 177 Å². The second-order valence-electron chi connectivity index (χ2n) is 8.97. The summed E-state index contributed by atoms with van der Waals surface area (Å²) < 4.78 is 6.37. The van der Waals surface area contributed by atoms with Gasteiger partial charge in [0.15, 0.2) is 0 Å². The third-order valence-corrected chi connectivity index (χ3v) is 6.75. The van der Waals surface area contributed by atoms with Crippen LogP contribution in [0.4, 0.5) is 0 Å². The molecule has 1 aromatic carbocycles. The van der Waals surface area contributed by atoms with Gasteiger partial charge in [-0.3, -0.25) is 14.4 Å². The second kappa shape index (κ2) is 8.28. The van der Waals surface area contributed by atoms with E-state index >= 15 is 0 Å². The molecule has 3 aliphatic rings. The lowest BCUT2D eigenvalue weighted by atomic mass is 9.94. The maximum Gasteiger partial charge on any atom is 0.255 e. The van der Waals surface area contributed by atoms with Gasteiger partial charge in [-0.15, -0.1) is 0 Å². The van der Waals surface area contributed by atoms with Gasteiger partial charge in [-0.25, -0.2) is 0 Å². The summed E-state index contributed by atoms with van der Waals surface area (Å²) >= 11 is 0. The zero-order chi connectivity index (χ0) is 21.3. The minimum Gasteiger partial charge on any atom is -0.485 e. The Balaban J connectivity index is 1.48. The molecule has 1 saturated heterocycles. The molecule has 2 heterocycles. The Morgan fingerprint density at radius 1 is 1.27 bits per heavy atom. The quantitative estimate of drug-likeness (QED) is 0.796. The van der Waals surface area contributed by atoms with E-state index in [-0.39, 0.29) is 30.2 Å². The maximum atomic E-state index is 12.9. The number of fused-ring (bicyclic) bond motifs is 1. The number of carbonyl (C=O) groups is 3. The van der Waals surface area contributed by atoms with Crippen molar-refractivity contribution in [2.75, 3.05) is 13.1 Å². The summed E-state index contributed by atoms with van der Waals surface area (Å²) in [5.74, 6) is 0.289. The minimum atomic E-state index is -0.651. The van der Waals surface area contributed by atoms with Crippen molar-refractivity contribution in [2.24, 2.45) is 0 Å². The molecule has 2 unspecified atom stereocenters. The standard InChI is InChI=1S/C23H31N3O4/c1-15-7-8-19-18(13-15)22(29)24-14-23(30-19)10-9-20(27)26(12-11-23)16(2)21(28)25-17-5-3-4-6-17/h7-8,13,16-17H,3-6,9-12,14H2,1-2H3,(H,24,29)(H,25,28). The molecule has 3 amide bonds. The summed E-state index contributed by atoms with van der Waals surface area (Å²) in [5, 5.41) is 6.07. The number of likely N-dealkylation sites (tertiary alicyclic amines) is 1. The van der Waals surface area contributed by atoms with Crippen molar-refractivity contribution in [1.29, 1.82) is 0 Å². The van der Waals surface area contributed by atoms with Crippen LogP contribution in [0.25, 0.3) is 0 Å². The Bertz CT molecular complexity index is 849. The van der Waals surface area contributed by atoms with E-state index in [0.717, 1.165) is 31.2 Å². The third-order valence-electron chi connectivity index (χ3n) is 6.75. The fraction of sp³-hybridized carbons (Fsp3) is 0.609. The molecular weight excluding hydrogens is 382 g/mol. The van der Waals surface area contributed by atoms with Crippen molar-refractivity contribution in [3.05, 3.63) is 29.3 Å². The predicted molar refractivity (Wildman–Crippen MR) is 112 cm³/mol. The van der Waals surface area contributed by atoms with Gasteiger partial charge < -0.3 is 20.3 Å². The molecule has 0 radical (unpaired) electrons. The fourth-order valence-corrected chi connectivity index (χ4v) is 4.79. The lowest BCUT2D eigenvalue weighted by Crippen LogP contribution is -2.50. The topological polar surface area (TPSA) is 87.7 Å². The number of ether oxygens (including phenoxy) is 1. The van der Waals surface area contributed by atoms with Gasteiger partial charge in [0.2, 0.25) is 11.8 Å². The van der Waals surface area contributed by atoms with E-state index in [9.17, 15) is 14.4 Å². The molecule has 7 heteroatoms. The molecule has 4 rings (SSSR count). The van der Waals surface area contributed by atoms with Crippen LogP contribution in [-0.4, -0.2) is 53.4 Å². The van der Waals surface area contributed by atoms with E-state index in [1.54, 1.807) is 11.8 Å². The lowest BCUT2D eigenvalue weighted by molar-refractivity contribution is -0.139. The molecular formula is C23H31N3O4. The smallest absolute Gasteiger partial charge is 0.255 e. The largest absolute Gasteiger partial charge is 0.485 e. The molecule has 1 aromatic rings. The van der Waals surface area contributed by atoms with Crippen molar-refractivity contribution in [2.45, 2.75) is 76.5 Å². The number of nitrogens with zero attached hydrogens (tertiary/aromatic N) is 1. The monoisotopic (exact) mass is 413 g/mol. The Hall–Kier alpha value is -2.57. The minimum absolute atomic E-state index is 0.0377. The van der Waals surface area contributed by atoms with E-state index in [1.165, 1.54) is 0 Å². The molecule has 0 bridgehead atoms. The van der Waals surface area contributed by atoms with Gasteiger partial charge in [0.25, 0.3) is 5.91 Å². The van der Waals surface area contributed by atoms with Crippen LogP contribution in [0.15, 0.2) is 18.2 Å². The first-order valence-corrected chi connectivity index (χ1v) is 11.0. The van der Waals surface area contributed by atoms with Crippen LogP contribution in [0.2, 0.25) is 0 Å². The first kappa shape index (κ1) is 20.7. The van der Waals surface area contributed by atoms with E-state index in [0.29, 0.717) is 37.2 Å². The summed E-state index contributed by atoms with van der Waals surface area (Å²) in [7, 11) is 0. The number of hydrogen-bond acceptors (Lipinski definition) is 4. The van der Waals surface area contributed by atoms with Crippen LogP contribution in [0.3, 0.4) is 0 Å². The lowest BCUT2D eigenvalue weighted by Gasteiger charge is -2.33. The van der Waals surface area contributed by atoms with Crippen molar-refractivity contribution in [3.63, 3.8) is 0 Å². The van der Waals surface area contributed by atoms with E-state index in [2.05, 4.69) is 10.6 Å². The first-order valence-electron chi connectivity index (χ1n) is 11.0. The fourth-order valence-electron chi connectivity index (χ4n) is 4.79. The molecule has 30 heavy (non-hydrogen) atoms. The van der Waals surface area contributed by atoms with E-state index < -0.39 is 11.6 Å². The maximum absolute atomic E-state index is 12.9. The van der Waals surface area contributed by atoms with Crippen molar-refractivity contribution in [1.82, 2.24) is 15.5 Å². The highest BCUT2D eigenvalue weighted by atomic mass is 16.5. The van der Waals surface area contributed by atoms with Crippen molar-refractivity contribution < 1.29 is 19.1 Å². The molecule has 2 atom stereocenters. The highest BCUT2D eigenvalue weighted by molar-refractivity contribution is 5.97. The van der Waals surface area contributed by atoms with Gasteiger partial charge in [-0.05, 0) is 45.2 Å². The zero-order valence-corrected chi connectivity index (χ0v) is 17.8. The van der Waals surface area contributed by atoms with Crippen LogP contribution < -0.4 is 15.4 Å². The van der Waals surface area contributed by atoms with Gasteiger partial charge in [-0.1, -0.05) is 24.5 Å².